The molecule has 15 heavy (non-hydrogen) atoms. The molecule has 2 rings (SSSR count). The predicted octanol–water partition coefficient (Wildman–Crippen LogP) is 3.20. The molecule has 1 aliphatic rings. The summed E-state index contributed by atoms with van der Waals surface area (Å²) in [4.78, 5) is 4.29. The molecule has 1 aliphatic carbocycles. The average molecular weight is 224 g/mol. The highest BCUT2D eigenvalue weighted by Crippen LogP contribution is 2.35. The van der Waals surface area contributed by atoms with E-state index >= 15 is 0 Å². The van der Waals surface area contributed by atoms with Gasteiger partial charge in [-0.1, -0.05) is 13.8 Å². The van der Waals surface area contributed by atoms with Crippen LogP contribution in [-0.2, 0) is 6.54 Å². The minimum Gasteiger partial charge on any atom is -0.308 e. The van der Waals surface area contributed by atoms with E-state index in [0.29, 0.717) is 11.5 Å². The van der Waals surface area contributed by atoms with E-state index in [2.05, 4.69) is 24.1 Å². The third kappa shape index (κ3) is 3.28. The normalized spacial score (nSPS) is 21.7. The second kappa shape index (κ2) is 4.62. The van der Waals surface area contributed by atoms with Gasteiger partial charge in [0.25, 0.3) is 0 Å². The average Bonchev–Trinajstić information content (AvgIpc) is 2.69. The van der Waals surface area contributed by atoms with Crippen LogP contribution in [0.25, 0.3) is 0 Å². The van der Waals surface area contributed by atoms with Crippen LogP contribution in [-0.4, -0.2) is 11.0 Å². The maximum absolute atomic E-state index is 4.29. The molecule has 0 bridgehead atoms. The van der Waals surface area contributed by atoms with Crippen LogP contribution in [0, 0.1) is 5.41 Å². The van der Waals surface area contributed by atoms with Crippen molar-refractivity contribution in [1.29, 1.82) is 0 Å². The molecule has 0 aliphatic heterocycles. The molecular weight excluding hydrogens is 204 g/mol. The first-order valence-electron chi connectivity index (χ1n) is 5.77. The second-order valence-corrected chi connectivity index (χ2v) is 6.22. The van der Waals surface area contributed by atoms with Gasteiger partial charge < -0.3 is 5.32 Å². The number of hydrogen-bond donors (Lipinski definition) is 1. The molecule has 0 atom stereocenters. The van der Waals surface area contributed by atoms with Crippen LogP contribution in [0.4, 0.5) is 0 Å². The SMILES string of the molecule is CC1(C)CCC(NCc2nccs2)CC1. The Bertz CT molecular complexity index is 283. The highest BCUT2D eigenvalue weighted by Gasteiger charge is 2.26. The Kier molecular flexibility index (Phi) is 3.42. The summed E-state index contributed by atoms with van der Waals surface area (Å²) in [5, 5.41) is 6.86. The molecule has 1 aromatic rings. The van der Waals surface area contributed by atoms with Crippen molar-refractivity contribution in [2.45, 2.75) is 52.1 Å². The van der Waals surface area contributed by atoms with Gasteiger partial charge in [0.15, 0.2) is 0 Å². The molecule has 0 amide bonds. The van der Waals surface area contributed by atoms with Gasteiger partial charge in [0.1, 0.15) is 5.01 Å². The Balaban J connectivity index is 1.73. The Morgan fingerprint density at radius 2 is 2.20 bits per heavy atom. The smallest absolute Gasteiger partial charge is 0.106 e. The second-order valence-electron chi connectivity index (χ2n) is 5.25. The summed E-state index contributed by atoms with van der Waals surface area (Å²) in [6, 6.07) is 0.710. The maximum Gasteiger partial charge on any atom is 0.106 e. The first-order chi connectivity index (χ1) is 7.16. The topological polar surface area (TPSA) is 24.9 Å². The Morgan fingerprint density at radius 1 is 1.47 bits per heavy atom. The fourth-order valence-corrected chi connectivity index (χ4v) is 2.74. The minimum absolute atomic E-state index is 0.569. The summed E-state index contributed by atoms with van der Waals surface area (Å²) < 4.78 is 0. The number of nitrogens with zero attached hydrogens (tertiary/aromatic N) is 1. The molecule has 1 saturated carbocycles. The molecule has 0 unspecified atom stereocenters. The molecule has 1 heterocycles. The lowest BCUT2D eigenvalue weighted by molar-refractivity contribution is 0.206. The van der Waals surface area contributed by atoms with Gasteiger partial charge >= 0.3 is 0 Å². The number of thiazole rings is 1. The van der Waals surface area contributed by atoms with Crippen LogP contribution >= 0.6 is 11.3 Å². The maximum atomic E-state index is 4.29. The zero-order chi connectivity index (χ0) is 10.7. The Labute approximate surface area is 96.1 Å². The van der Waals surface area contributed by atoms with Crippen molar-refractivity contribution in [2.75, 3.05) is 0 Å². The van der Waals surface area contributed by atoms with Crippen molar-refractivity contribution >= 4 is 11.3 Å². The number of hydrogen-bond acceptors (Lipinski definition) is 3. The van der Waals surface area contributed by atoms with Crippen molar-refractivity contribution < 1.29 is 0 Å². The monoisotopic (exact) mass is 224 g/mol. The molecule has 1 aromatic heterocycles. The molecule has 0 saturated heterocycles. The molecule has 0 radical (unpaired) electrons. The molecule has 2 nitrogen and oxygen atoms in total. The van der Waals surface area contributed by atoms with Gasteiger partial charge in [0.05, 0.1) is 0 Å². The van der Waals surface area contributed by atoms with Crippen LogP contribution in [0.1, 0.15) is 44.5 Å². The van der Waals surface area contributed by atoms with Crippen LogP contribution in [0.5, 0.6) is 0 Å². The van der Waals surface area contributed by atoms with Gasteiger partial charge in [-0.2, -0.15) is 0 Å². The van der Waals surface area contributed by atoms with Gasteiger partial charge in [-0.15, -0.1) is 11.3 Å². The van der Waals surface area contributed by atoms with Crippen LogP contribution in [0.2, 0.25) is 0 Å². The third-order valence-corrected chi connectivity index (χ3v) is 4.14. The van der Waals surface area contributed by atoms with Crippen LogP contribution in [0.3, 0.4) is 0 Å². The van der Waals surface area contributed by atoms with E-state index in [9.17, 15) is 0 Å². The quantitative estimate of drug-likeness (QED) is 0.853. The highest BCUT2D eigenvalue weighted by atomic mass is 32.1. The predicted molar refractivity (Wildman–Crippen MR) is 65.0 cm³/mol. The number of nitrogens with one attached hydrogen (secondary N) is 1. The van der Waals surface area contributed by atoms with Crippen LogP contribution in [0.15, 0.2) is 11.6 Å². The van der Waals surface area contributed by atoms with E-state index in [4.69, 9.17) is 0 Å². The van der Waals surface area contributed by atoms with Crippen molar-refractivity contribution in [3.05, 3.63) is 16.6 Å². The summed E-state index contributed by atoms with van der Waals surface area (Å²) in [6.45, 7) is 5.71. The number of rotatable bonds is 3. The van der Waals surface area contributed by atoms with Gasteiger partial charge in [0.2, 0.25) is 0 Å². The van der Waals surface area contributed by atoms with E-state index in [-0.39, 0.29) is 0 Å². The summed E-state index contributed by atoms with van der Waals surface area (Å²) in [7, 11) is 0. The summed E-state index contributed by atoms with van der Waals surface area (Å²) in [5.41, 5.74) is 0.569. The van der Waals surface area contributed by atoms with E-state index in [1.165, 1.54) is 30.7 Å². The van der Waals surface area contributed by atoms with Crippen molar-refractivity contribution in [2.24, 2.45) is 5.41 Å². The standard InChI is InChI=1S/C12H20N2S/c1-12(2)5-3-10(4-6-12)14-9-11-13-7-8-15-11/h7-8,10,14H,3-6,9H2,1-2H3. The fourth-order valence-electron chi connectivity index (χ4n) is 2.18. The molecule has 84 valence electrons. The summed E-state index contributed by atoms with van der Waals surface area (Å²) >= 11 is 1.74. The first-order valence-corrected chi connectivity index (χ1v) is 6.65. The minimum atomic E-state index is 0.569. The lowest BCUT2D eigenvalue weighted by atomic mass is 9.75. The fraction of sp³-hybridized carbons (Fsp3) is 0.750. The zero-order valence-corrected chi connectivity index (χ0v) is 10.4. The summed E-state index contributed by atoms with van der Waals surface area (Å²) in [6.07, 6.45) is 7.22. The molecule has 0 spiro atoms. The molecular formula is C12H20N2S. The van der Waals surface area contributed by atoms with E-state index in [1.807, 2.05) is 11.6 Å². The van der Waals surface area contributed by atoms with E-state index < -0.39 is 0 Å². The van der Waals surface area contributed by atoms with Gasteiger partial charge in [-0.05, 0) is 31.1 Å². The first kappa shape index (κ1) is 11.1. The lowest BCUT2D eigenvalue weighted by Crippen LogP contribution is -2.35. The lowest BCUT2D eigenvalue weighted by Gasteiger charge is -2.34. The van der Waals surface area contributed by atoms with E-state index in [0.717, 1.165) is 6.54 Å². The van der Waals surface area contributed by atoms with Crippen LogP contribution < -0.4 is 5.32 Å². The highest BCUT2D eigenvalue weighted by molar-refractivity contribution is 7.09. The van der Waals surface area contributed by atoms with Crippen molar-refractivity contribution in [1.82, 2.24) is 10.3 Å². The van der Waals surface area contributed by atoms with Crippen molar-refractivity contribution in [3.63, 3.8) is 0 Å². The molecule has 0 aromatic carbocycles. The summed E-state index contributed by atoms with van der Waals surface area (Å²) in [5.74, 6) is 0. The Hall–Kier alpha value is -0.410. The largest absolute Gasteiger partial charge is 0.308 e. The number of aromatic nitrogens is 1. The Morgan fingerprint density at radius 3 is 2.80 bits per heavy atom. The van der Waals surface area contributed by atoms with Gasteiger partial charge in [0, 0.05) is 24.2 Å². The van der Waals surface area contributed by atoms with Crippen molar-refractivity contribution in [3.8, 4) is 0 Å². The molecule has 1 N–H and O–H groups in total. The van der Waals surface area contributed by atoms with E-state index in [1.54, 1.807) is 11.3 Å². The van der Waals surface area contributed by atoms with Gasteiger partial charge in [-0.25, -0.2) is 4.98 Å². The molecule has 3 heteroatoms. The third-order valence-electron chi connectivity index (χ3n) is 3.36. The van der Waals surface area contributed by atoms with Gasteiger partial charge in [-0.3, -0.25) is 0 Å². The molecule has 1 fully saturated rings. The zero-order valence-electron chi connectivity index (χ0n) is 9.62.